The molecule has 41 heavy (non-hydrogen) atoms. The number of ether oxygens (including phenoxy) is 5. The SMILES string of the molecule is CCC/C(=C\O[C@H]1[C@H](OCc2ccccc2)[C@@H](OCc2ccccc2)[C@@H](OC)O[C@@H]1CO)S(=O)(=O)c1ccccc1. The molecule has 0 spiro atoms. The maximum Gasteiger partial charge on any atom is 0.205 e. The molecular weight excluding hydrogens is 544 g/mol. The Hall–Kier alpha value is -3.05. The zero-order valence-electron chi connectivity index (χ0n) is 23.4. The van der Waals surface area contributed by atoms with E-state index in [0.29, 0.717) is 6.42 Å². The molecule has 0 unspecified atom stereocenters. The number of rotatable bonds is 14. The van der Waals surface area contributed by atoms with Crippen molar-refractivity contribution in [3.8, 4) is 0 Å². The number of aliphatic hydroxyl groups excluding tert-OH is 1. The van der Waals surface area contributed by atoms with E-state index in [9.17, 15) is 13.5 Å². The Labute approximate surface area is 242 Å². The van der Waals surface area contributed by atoms with Crippen LogP contribution in [0.25, 0.3) is 0 Å². The van der Waals surface area contributed by atoms with Gasteiger partial charge in [-0.15, -0.1) is 0 Å². The topological polar surface area (TPSA) is 101 Å². The highest BCUT2D eigenvalue weighted by atomic mass is 32.2. The van der Waals surface area contributed by atoms with E-state index in [1.807, 2.05) is 67.6 Å². The summed E-state index contributed by atoms with van der Waals surface area (Å²) in [5.74, 6) is 0. The lowest BCUT2D eigenvalue weighted by Gasteiger charge is -2.44. The van der Waals surface area contributed by atoms with Crippen LogP contribution in [0.15, 0.2) is 107 Å². The van der Waals surface area contributed by atoms with Gasteiger partial charge in [-0.1, -0.05) is 92.2 Å². The van der Waals surface area contributed by atoms with E-state index in [4.69, 9.17) is 23.7 Å². The minimum Gasteiger partial charge on any atom is -0.491 e. The van der Waals surface area contributed by atoms with Crippen molar-refractivity contribution in [3.63, 3.8) is 0 Å². The third-order valence-electron chi connectivity index (χ3n) is 6.83. The molecule has 1 fully saturated rings. The minimum absolute atomic E-state index is 0.125. The Bertz CT molecular complexity index is 1320. The smallest absolute Gasteiger partial charge is 0.205 e. The van der Waals surface area contributed by atoms with Crippen LogP contribution in [-0.2, 0) is 46.7 Å². The first-order valence-electron chi connectivity index (χ1n) is 13.7. The van der Waals surface area contributed by atoms with Crippen molar-refractivity contribution in [1.82, 2.24) is 0 Å². The summed E-state index contributed by atoms with van der Waals surface area (Å²) in [6.07, 6.45) is -2.00. The molecule has 0 amide bonds. The molecule has 1 N–H and O–H groups in total. The van der Waals surface area contributed by atoms with Crippen molar-refractivity contribution in [1.29, 1.82) is 0 Å². The molecule has 9 heteroatoms. The van der Waals surface area contributed by atoms with Gasteiger partial charge < -0.3 is 28.8 Å². The van der Waals surface area contributed by atoms with Crippen molar-refractivity contribution < 1.29 is 37.2 Å². The van der Waals surface area contributed by atoms with Gasteiger partial charge in [-0.05, 0) is 29.7 Å². The molecule has 1 aliphatic heterocycles. The van der Waals surface area contributed by atoms with Crippen LogP contribution in [0.5, 0.6) is 0 Å². The summed E-state index contributed by atoms with van der Waals surface area (Å²) in [5, 5.41) is 10.3. The number of sulfone groups is 1. The Morgan fingerprint density at radius 3 is 1.88 bits per heavy atom. The third-order valence-corrected chi connectivity index (χ3v) is 8.71. The van der Waals surface area contributed by atoms with E-state index >= 15 is 0 Å². The number of benzene rings is 3. The predicted molar refractivity (Wildman–Crippen MR) is 154 cm³/mol. The second-order valence-corrected chi connectivity index (χ2v) is 11.7. The summed E-state index contributed by atoms with van der Waals surface area (Å²) in [6.45, 7) is 2.00. The van der Waals surface area contributed by atoms with E-state index in [0.717, 1.165) is 11.1 Å². The highest BCUT2D eigenvalue weighted by molar-refractivity contribution is 7.95. The average molecular weight is 583 g/mol. The molecule has 4 rings (SSSR count). The van der Waals surface area contributed by atoms with Crippen LogP contribution in [0, 0.1) is 0 Å². The van der Waals surface area contributed by atoms with Crippen LogP contribution in [0.3, 0.4) is 0 Å². The predicted octanol–water partition coefficient (Wildman–Crippen LogP) is 5.02. The van der Waals surface area contributed by atoms with Crippen molar-refractivity contribution >= 4 is 9.84 Å². The van der Waals surface area contributed by atoms with E-state index in [1.54, 1.807) is 30.3 Å². The molecule has 1 heterocycles. The molecule has 1 saturated heterocycles. The highest BCUT2D eigenvalue weighted by Crippen LogP contribution is 2.31. The van der Waals surface area contributed by atoms with Gasteiger partial charge >= 0.3 is 0 Å². The summed E-state index contributed by atoms with van der Waals surface area (Å²) in [7, 11) is -2.30. The molecule has 0 aromatic heterocycles. The normalized spacial score (nSPS) is 23.3. The highest BCUT2D eigenvalue weighted by Gasteiger charge is 2.49. The van der Waals surface area contributed by atoms with Gasteiger partial charge in [0.25, 0.3) is 0 Å². The van der Waals surface area contributed by atoms with Crippen LogP contribution in [0.2, 0.25) is 0 Å². The standard InChI is InChI=1S/C32H38O8S/c1-3-13-27(41(34,35)26-18-11-6-12-19-26)23-39-29-28(20-33)40-32(36-2)31(38-22-25-16-9-5-10-17-25)30(29)37-21-24-14-7-4-8-15-24/h4-12,14-19,23,28-33H,3,13,20-22H2,1-2H3/b27-23+/t28-,29-,30+,31-,32+/m1/s1. The summed E-state index contributed by atoms with van der Waals surface area (Å²) in [5.41, 5.74) is 1.88. The number of hydrogen-bond acceptors (Lipinski definition) is 8. The van der Waals surface area contributed by atoms with Gasteiger partial charge in [0.15, 0.2) is 12.4 Å². The molecule has 220 valence electrons. The van der Waals surface area contributed by atoms with Crippen LogP contribution in [0.1, 0.15) is 30.9 Å². The maximum absolute atomic E-state index is 13.5. The van der Waals surface area contributed by atoms with Gasteiger partial charge in [0, 0.05) is 7.11 Å². The summed E-state index contributed by atoms with van der Waals surface area (Å²) in [4.78, 5) is 0.308. The van der Waals surface area contributed by atoms with Crippen LogP contribution in [-0.4, -0.2) is 57.9 Å². The molecule has 0 radical (unpaired) electrons. The number of methoxy groups -OCH3 is 1. The zero-order valence-corrected chi connectivity index (χ0v) is 24.2. The number of hydrogen-bond donors (Lipinski definition) is 1. The minimum atomic E-state index is -3.80. The fraction of sp³-hybridized carbons (Fsp3) is 0.375. The first kappa shape index (κ1) is 30.9. The Kier molecular flexibility index (Phi) is 11.5. The Morgan fingerprint density at radius 1 is 0.829 bits per heavy atom. The van der Waals surface area contributed by atoms with Crippen LogP contribution in [0.4, 0.5) is 0 Å². The molecule has 0 saturated carbocycles. The molecule has 3 aromatic carbocycles. The Morgan fingerprint density at radius 2 is 1.37 bits per heavy atom. The van der Waals surface area contributed by atoms with Crippen molar-refractivity contribution in [3.05, 3.63) is 113 Å². The molecule has 0 aliphatic carbocycles. The van der Waals surface area contributed by atoms with Gasteiger partial charge in [0.1, 0.15) is 18.3 Å². The van der Waals surface area contributed by atoms with Crippen molar-refractivity contribution in [2.45, 2.75) is 68.6 Å². The van der Waals surface area contributed by atoms with E-state index in [-0.39, 0.29) is 29.4 Å². The van der Waals surface area contributed by atoms with E-state index in [1.165, 1.54) is 13.4 Å². The van der Waals surface area contributed by atoms with E-state index in [2.05, 4.69) is 0 Å². The maximum atomic E-state index is 13.5. The average Bonchev–Trinajstić information content (AvgIpc) is 3.02. The molecule has 0 bridgehead atoms. The molecule has 5 atom stereocenters. The van der Waals surface area contributed by atoms with Gasteiger partial charge in [0.2, 0.25) is 9.84 Å². The van der Waals surface area contributed by atoms with E-state index < -0.39 is 47.2 Å². The molecule has 3 aromatic rings. The monoisotopic (exact) mass is 582 g/mol. The zero-order chi connectivity index (χ0) is 29.1. The third kappa shape index (κ3) is 8.03. The van der Waals surface area contributed by atoms with Gasteiger partial charge in [-0.2, -0.15) is 0 Å². The number of aliphatic hydroxyl groups is 1. The lowest BCUT2D eigenvalue weighted by molar-refractivity contribution is -0.314. The lowest BCUT2D eigenvalue weighted by atomic mass is 9.98. The first-order valence-corrected chi connectivity index (χ1v) is 15.2. The van der Waals surface area contributed by atoms with Gasteiger partial charge in [-0.25, -0.2) is 8.42 Å². The molecule has 1 aliphatic rings. The van der Waals surface area contributed by atoms with Crippen LogP contribution < -0.4 is 0 Å². The fourth-order valence-electron chi connectivity index (χ4n) is 4.69. The Balaban J connectivity index is 1.66. The molecular formula is C32H38O8S. The fourth-order valence-corrected chi connectivity index (χ4v) is 6.16. The summed E-state index contributed by atoms with van der Waals surface area (Å²) >= 11 is 0. The van der Waals surface area contributed by atoms with Crippen molar-refractivity contribution in [2.24, 2.45) is 0 Å². The lowest BCUT2D eigenvalue weighted by Crippen LogP contribution is -2.61. The largest absolute Gasteiger partial charge is 0.491 e. The summed E-state index contributed by atoms with van der Waals surface area (Å²) < 4.78 is 57.5. The van der Waals surface area contributed by atoms with Crippen molar-refractivity contribution in [2.75, 3.05) is 13.7 Å². The molecule has 8 nitrogen and oxygen atoms in total. The van der Waals surface area contributed by atoms with Gasteiger partial charge in [0.05, 0.1) is 35.9 Å². The summed E-state index contributed by atoms with van der Waals surface area (Å²) in [6, 6.07) is 27.6. The second-order valence-electron chi connectivity index (χ2n) is 9.73. The van der Waals surface area contributed by atoms with Gasteiger partial charge in [-0.3, -0.25) is 0 Å². The first-order chi connectivity index (χ1) is 20.0. The second kappa shape index (κ2) is 15.3. The quantitative estimate of drug-likeness (QED) is 0.265. The number of allylic oxidation sites excluding steroid dienone is 1. The van der Waals surface area contributed by atoms with Crippen LogP contribution >= 0.6 is 0 Å².